The van der Waals surface area contributed by atoms with Crippen LogP contribution in [-0.4, -0.2) is 32.2 Å². The number of nitrogens with zero attached hydrogens (tertiary/aromatic N) is 1. The van der Waals surface area contributed by atoms with Crippen LogP contribution in [0.2, 0.25) is 0 Å². The summed E-state index contributed by atoms with van der Waals surface area (Å²) in [5, 5.41) is 2.79. The Morgan fingerprint density at radius 2 is 1.83 bits per heavy atom. The average Bonchev–Trinajstić information content (AvgIpc) is 2.64. The minimum absolute atomic E-state index is 0.220. The maximum absolute atomic E-state index is 12.0. The standard InChI is InChI=1S/C18H20N2O4/c1-22-15-9-13(10-16(11-15)23-2)6-7-17(21)20-12-14-5-4-8-19-18(14)24-3/h4-11H,12H2,1-3H3,(H,20,21). The fourth-order valence-electron chi connectivity index (χ4n) is 2.08. The number of aromatic nitrogens is 1. The van der Waals surface area contributed by atoms with E-state index in [1.807, 2.05) is 18.2 Å². The summed E-state index contributed by atoms with van der Waals surface area (Å²) < 4.78 is 15.5. The number of hydrogen-bond donors (Lipinski definition) is 1. The van der Waals surface area contributed by atoms with Gasteiger partial charge in [-0.05, 0) is 29.8 Å². The van der Waals surface area contributed by atoms with Crippen molar-refractivity contribution < 1.29 is 19.0 Å². The van der Waals surface area contributed by atoms with Gasteiger partial charge in [-0.2, -0.15) is 0 Å². The van der Waals surface area contributed by atoms with Crippen molar-refractivity contribution in [3.8, 4) is 17.4 Å². The summed E-state index contributed by atoms with van der Waals surface area (Å²) in [6.45, 7) is 0.335. The van der Waals surface area contributed by atoms with Crippen molar-refractivity contribution in [3.05, 3.63) is 53.7 Å². The summed E-state index contributed by atoms with van der Waals surface area (Å²) in [7, 11) is 4.70. The Hall–Kier alpha value is -3.02. The summed E-state index contributed by atoms with van der Waals surface area (Å²) in [5.74, 6) is 1.60. The zero-order chi connectivity index (χ0) is 17.4. The van der Waals surface area contributed by atoms with E-state index in [2.05, 4.69) is 10.3 Å². The lowest BCUT2D eigenvalue weighted by atomic mass is 10.2. The van der Waals surface area contributed by atoms with Gasteiger partial charge in [-0.15, -0.1) is 0 Å². The van der Waals surface area contributed by atoms with E-state index in [9.17, 15) is 4.79 Å². The number of amides is 1. The topological polar surface area (TPSA) is 69.7 Å². The Balaban J connectivity index is 2.00. The molecule has 0 spiro atoms. The molecular weight excluding hydrogens is 308 g/mol. The lowest BCUT2D eigenvalue weighted by Crippen LogP contribution is -2.20. The lowest BCUT2D eigenvalue weighted by Gasteiger charge is -2.07. The molecule has 1 aromatic carbocycles. The molecule has 0 atom stereocenters. The Kier molecular flexibility index (Phi) is 6.19. The molecule has 1 aromatic heterocycles. The first-order valence-corrected chi connectivity index (χ1v) is 7.33. The number of ether oxygens (including phenoxy) is 3. The highest BCUT2D eigenvalue weighted by atomic mass is 16.5. The average molecular weight is 328 g/mol. The van der Waals surface area contributed by atoms with Crippen LogP contribution in [0.4, 0.5) is 0 Å². The predicted molar refractivity (Wildman–Crippen MR) is 91.2 cm³/mol. The first-order chi connectivity index (χ1) is 11.7. The molecule has 0 saturated heterocycles. The maximum atomic E-state index is 12.0. The largest absolute Gasteiger partial charge is 0.497 e. The quantitative estimate of drug-likeness (QED) is 0.791. The molecule has 126 valence electrons. The van der Waals surface area contributed by atoms with Crippen molar-refractivity contribution in [1.29, 1.82) is 0 Å². The highest BCUT2D eigenvalue weighted by molar-refractivity contribution is 5.91. The molecule has 24 heavy (non-hydrogen) atoms. The molecule has 0 unspecified atom stereocenters. The van der Waals surface area contributed by atoms with Crippen molar-refractivity contribution >= 4 is 12.0 Å². The van der Waals surface area contributed by atoms with E-state index in [4.69, 9.17) is 14.2 Å². The molecule has 6 heteroatoms. The molecule has 0 fully saturated rings. The number of carbonyl (C=O) groups excluding carboxylic acids is 1. The SMILES string of the molecule is COc1cc(C=CC(=O)NCc2cccnc2OC)cc(OC)c1. The van der Waals surface area contributed by atoms with Gasteiger partial charge in [0.05, 0.1) is 21.3 Å². The molecule has 0 saturated carbocycles. The number of nitrogens with one attached hydrogen (secondary N) is 1. The number of benzene rings is 1. The van der Waals surface area contributed by atoms with Gasteiger partial charge < -0.3 is 19.5 Å². The van der Waals surface area contributed by atoms with Crippen LogP contribution in [0, 0.1) is 0 Å². The molecule has 0 bridgehead atoms. The fourth-order valence-corrected chi connectivity index (χ4v) is 2.08. The van der Waals surface area contributed by atoms with Crippen molar-refractivity contribution in [3.63, 3.8) is 0 Å². The molecule has 0 radical (unpaired) electrons. The Labute approximate surface area is 141 Å². The third kappa shape index (κ3) is 4.74. The van der Waals surface area contributed by atoms with E-state index in [0.717, 1.165) is 11.1 Å². The molecule has 0 aliphatic rings. The molecular formula is C18H20N2O4. The first kappa shape index (κ1) is 17.3. The van der Waals surface area contributed by atoms with Gasteiger partial charge in [-0.1, -0.05) is 6.07 Å². The van der Waals surface area contributed by atoms with Gasteiger partial charge in [0.15, 0.2) is 0 Å². The minimum Gasteiger partial charge on any atom is -0.497 e. The summed E-state index contributed by atoms with van der Waals surface area (Å²) >= 11 is 0. The van der Waals surface area contributed by atoms with Crippen LogP contribution < -0.4 is 19.5 Å². The van der Waals surface area contributed by atoms with Gasteiger partial charge in [0.25, 0.3) is 0 Å². The number of hydrogen-bond acceptors (Lipinski definition) is 5. The molecule has 2 rings (SSSR count). The van der Waals surface area contributed by atoms with Crippen molar-refractivity contribution in [2.24, 2.45) is 0 Å². The summed E-state index contributed by atoms with van der Waals surface area (Å²) in [5.41, 5.74) is 1.62. The Morgan fingerprint density at radius 1 is 1.12 bits per heavy atom. The van der Waals surface area contributed by atoms with Gasteiger partial charge in [0.1, 0.15) is 11.5 Å². The van der Waals surface area contributed by atoms with Gasteiger partial charge >= 0.3 is 0 Å². The number of rotatable bonds is 7. The number of pyridine rings is 1. The fraction of sp³-hybridized carbons (Fsp3) is 0.222. The highest BCUT2D eigenvalue weighted by Gasteiger charge is 2.04. The second-order valence-electron chi connectivity index (χ2n) is 4.87. The molecule has 0 aliphatic heterocycles. The van der Waals surface area contributed by atoms with E-state index in [1.165, 1.54) is 6.08 Å². The van der Waals surface area contributed by atoms with E-state index in [0.29, 0.717) is 23.9 Å². The molecule has 0 aliphatic carbocycles. The summed E-state index contributed by atoms with van der Waals surface area (Å²) in [4.78, 5) is 16.1. The van der Waals surface area contributed by atoms with Gasteiger partial charge in [-0.3, -0.25) is 4.79 Å². The van der Waals surface area contributed by atoms with Crippen LogP contribution in [0.15, 0.2) is 42.6 Å². The molecule has 2 aromatic rings. The van der Waals surface area contributed by atoms with Crippen LogP contribution in [0.1, 0.15) is 11.1 Å². The maximum Gasteiger partial charge on any atom is 0.244 e. The van der Waals surface area contributed by atoms with Crippen LogP contribution in [-0.2, 0) is 11.3 Å². The monoisotopic (exact) mass is 328 g/mol. The third-order valence-electron chi connectivity index (χ3n) is 3.30. The lowest BCUT2D eigenvalue weighted by molar-refractivity contribution is -0.116. The second kappa shape index (κ2) is 8.57. The van der Waals surface area contributed by atoms with Crippen molar-refractivity contribution in [2.75, 3.05) is 21.3 Å². The number of methoxy groups -OCH3 is 3. The Morgan fingerprint density at radius 3 is 2.46 bits per heavy atom. The molecule has 1 N–H and O–H groups in total. The van der Waals surface area contributed by atoms with Crippen LogP contribution in [0.3, 0.4) is 0 Å². The van der Waals surface area contributed by atoms with E-state index in [-0.39, 0.29) is 5.91 Å². The van der Waals surface area contributed by atoms with Crippen LogP contribution in [0.25, 0.3) is 6.08 Å². The van der Waals surface area contributed by atoms with Crippen LogP contribution in [0.5, 0.6) is 17.4 Å². The minimum atomic E-state index is -0.220. The molecule has 6 nitrogen and oxygen atoms in total. The molecule has 1 heterocycles. The van der Waals surface area contributed by atoms with E-state index < -0.39 is 0 Å². The van der Waals surface area contributed by atoms with E-state index >= 15 is 0 Å². The van der Waals surface area contributed by atoms with E-state index in [1.54, 1.807) is 45.7 Å². The van der Waals surface area contributed by atoms with Gasteiger partial charge in [0.2, 0.25) is 11.8 Å². The zero-order valence-electron chi connectivity index (χ0n) is 13.9. The summed E-state index contributed by atoms with van der Waals surface area (Å²) in [6.07, 6.45) is 4.79. The number of carbonyl (C=O) groups is 1. The first-order valence-electron chi connectivity index (χ1n) is 7.33. The zero-order valence-corrected chi connectivity index (χ0v) is 13.9. The third-order valence-corrected chi connectivity index (χ3v) is 3.30. The van der Waals surface area contributed by atoms with Crippen molar-refractivity contribution in [2.45, 2.75) is 6.54 Å². The highest BCUT2D eigenvalue weighted by Crippen LogP contribution is 2.23. The van der Waals surface area contributed by atoms with Crippen molar-refractivity contribution in [1.82, 2.24) is 10.3 Å². The predicted octanol–water partition coefficient (Wildman–Crippen LogP) is 2.44. The van der Waals surface area contributed by atoms with Gasteiger partial charge in [0, 0.05) is 30.4 Å². The normalized spacial score (nSPS) is 10.5. The van der Waals surface area contributed by atoms with Crippen LogP contribution >= 0.6 is 0 Å². The second-order valence-corrected chi connectivity index (χ2v) is 4.87. The Bertz CT molecular complexity index is 706. The smallest absolute Gasteiger partial charge is 0.244 e. The van der Waals surface area contributed by atoms with Gasteiger partial charge in [-0.25, -0.2) is 4.98 Å². The summed E-state index contributed by atoms with van der Waals surface area (Å²) in [6, 6.07) is 9.05. The molecule has 1 amide bonds.